The average molecular weight is 463 g/mol. The quantitative estimate of drug-likeness (QED) is 0.310. The molecule has 0 atom stereocenters. The van der Waals surface area contributed by atoms with E-state index in [-0.39, 0.29) is 11.5 Å². The van der Waals surface area contributed by atoms with Crippen molar-refractivity contribution in [3.63, 3.8) is 0 Å². The van der Waals surface area contributed by atoms with Gasteiger partial charge in [-0.3, -0.25) is 4.79 Å². The number of nitrogens with zero attached hydrogens (tertiary/aromatic N) is 1. The third-order valence-corrected chi connectivity index (χ3v) is 5.49. The molecule has 0 fully saturated rings. The van der Waals surface area contributed by atoms with Crippen molar-refractivity contribution in [1.82, 2.24) is 0 Å². The Kier molecular flexibility index (Phi) is 6.01. The van der Waals surface area contributed by atoms with Gasteiger partial charge in [-0.15, -0.1) is 0 Å². The first-order valence-corrected chi connectivity index (χ1v) is 11.0. The van der Waals surface area contributed by atoms with Gasteiger partial charge in [0, 0.05) is 11.6 Å². The third kappa shape index (κ3) is 4.50. The first kappa shape index (κ1) is 22.0. The zero-order chi connectivity index (χ0) is 24.2. The molecule has 0 radical (unpaired) electrons. The van der Waals surface area contributed by atoms with Gasteiger partial charge in [0.2, 0.25) is 5.78 Å². The summed E-state index contributed by atoms with van der Waals surface area (Å²) < 4.78 is 16.8. The van der Waals surface area contributed by atoms with E-state index in [1.807, 2.05) is 60.7 Å². The van der Waals surface area contributed by atoms with Gasteiger partial charge in [0.05, 0.1) is 24.0 Å². The molecule has 172 valence electrons. The highest BCUT2D eigenvalue weighted by atomic mass is 16.6. The zero-order valence-corrected chi connectivity index (χ0v) is 18.9. The Hall–Kier alpha value is -4.84. The molecule has 4 aromatic carbocycles. The van der Waals surface area contributed by atoms with E-state index in [1.54, 1.807) is 55.7 Å². The molecule has 1 aliphatic heterocycles. The highest BCUT2D eigenvalue weighted by molar-refractivity contribution is 6.14. The van der Waals surface area contributed by atoms with Crippen molar-refractivity contribution < 1.29 is 23.8 Å². The second-order valence-corrected chi connectivity index (χ2v) is 7.71. The second-order valence-electron chi connectivity index (χ2n) is 7.71. The lowest BCUT2D eigenvalue weighted by molar-refractivity contribution is 0.101. The maximum absolute atomic E-state index is 13.4. The van der Waals surface area contributed by atoms with Gasteiger partial charge in [0.15, 0.2) is 5.76 Å². The van der Waals surface area contributed by atoms with Crippen molar-refractivity contribution in [2.45, 2.75) is 0 Å². The summed E-state index contributed by atoms with van der Waals surface area (Å²) in [7, 11) is 1.55. The number of Topliss-reactive ketones (excluding diaryl/α,β-unsaturated/α-hetero) is 1. The monoisotopic (exact) mass is 463 g/mol. The molecule has 4 aromatic rings. The summed E-state index contributed by atoms with van der Waals surface area (Å²) >= 11 is 0. The maximum Gasteiger partial charge on any atom is 0.424 e. The number of hydrogen-bond donors (Lipinski definition) is 0. The molecule has 35 heavy (non-hydrogen) atoms. The summed E-state index contributed by atoms with van der Waals surface area (Å²) in [6.07, 6.45) is 0.993. The molecule has 0 bridgehead atoms. The number of para-hydroxylation sites is 3. The van der Waals surface area contributed by atoms with Crippen molar-refractivity contribution in [2.24, 2.45) is 0 Å². The zero-order valence-electron chi connectivity index (χ0n) is 18.9. The van der Waals surface area contributed by atoms with Gasteiger partial charge in [-0.2, -0.15) is 0 Å². The molecule has 1 aliphatic rings. The molecular weight excluding hydrogens is 442 g/mol. The summed E-state index contributed by atoms with van der Waals surface area (Å²) in [5.41, 5.74) is 2.31. The average Bonchev–Trinajstić information content (AvgIpc) is 3.20. The van der Waals surface area contributed by atoms with Crippen LogP contribution in [0, 0.1) is 0 Å². The SMILES string of the molecule is COc1ccc2c(c1)O/C(=C\c1ccccc1OC(=O)N(c1ccccc1)c1ccccc1)C2=O. The van der Waals surface area contributed by atoms with Crippen LogP contribution < -0.4 is 19.1 Å². The van der Waals surface area contributed by atoms with Crippen molar-refractivity contribution in [3.8, 4) is 17.2 Å². The van der Waals surface area contributed by atoms with Gasteiger partial charge in [0.1, 0.15) is 17.2 Å². The molecule has 0 aromatic heterocycles. The lowest BCUT2D eigenvalue weighted by Crippen LogP contribution is -2.29. The number of anilines is 2. The molecule has 1 heterocycles. The number of allylic oxidation sites excluding steroid dienone is 1. The van der Waals surface area contributed by atoms with Crippen molar-refractivity contribution in [1.29, 1.82) is 0 Å². The summed E-state index contributed by atoms with van der Waals surface area (Å²) in [5, 5.41) is 0. The minimum absolute atomic E-state index is 0.139. The van der Waals surface area contributed by atoms with E-state index < -0.39 is 6.09 Å². The largest absolute Gasteiger partial charge is 0.497 e. The van der Waals surface area contributed by atoms with Crippen molar-refractivity contribution in [2.75, 3.05) is 12.0 Å². The summed E-state index contributed by atoms with van der Waals surface area (Å²) in [4.78, 5) is 27.7. The van der Waals surface area contributed by atoms with Crippen LogP contribution in [-0.2, 0) is 0 Å². The smallest absolute Gasteiger partial charge is 0.424 e. The standard InChI is InChI=1S/C29H21NO5/c1-33-23-16-17-24-26(19-23)34-27(28(24)31)18-20-10-8-9-15-25(20)35-29(32)30(21-11-4-2-5-12-21)22-13-6-3-7-14-22/h2-19H,1H3/b27-18-. The number of amides is 1. The summed E-state index contributed by atoms with van der Waals surface area (Å²) in [5.74, 6) is 1.20. The van der Waals surface area contributed by atoms with Gasteiger partial charge in [-0.25, -0.2) is 9.69 Å². The minimum Gasteiger partial charge on any atom is -0.497 e. The molecule has 6 nitrogen and oxygen atoms in total. The molecule has 0 saturated carbocycles. The molecule has 0 aliphatic carbocycles. The number of methoxy groups -OCH3 is 1. The molecule has 0 spiro atoms. The Morgan fingerprint density at radius 3 is 2.11 bits per heavy atom. The van der Waals surface area contributed by atoms with Crippen molar-refractivity contribution >= 4 is 29.3 Å². The van der Waals surface area contributed by atoms with Gasteiger partial charge in [-0.1, -0.05) is 54.6 Å². The number of hydrogen-bond acceptors (Lipinski definition) is 5. The number of fused-ring (bicyclic) bond motifs is 1. The van der Waals surface area contributed by atoms with Crippen LogP contribution in [0.3, 0.4) is 0 Å². The van der Waals surface area contributed by atoms with Gasteiger partial charge < -0.3 is 14.2 Å². The van der Waals surface area contributed by atoms with Crippen LogP contribution in [-0.4, -0.2) is 19.0 Å². The van der Waals surface area contributed by atoms with E-state index in [2.05, 4.69) is 0 Å². The Morgan fingerprint density at radius 1 is 0.829 bits per heavy atom. The van der Waals surface area contributed by atoms with Crippen LogP contribution >= 0.6 is 0 Å². The Balaban J connectivity index is 1.45. The first-order valence-electron chi connectivity index (χ1n) is 11.0. The molecule has 5 rings (SSSR count). The Bertz CT molecular complexity index is 1370. The van der Waals surface area contributed by atoms with E-state index in [4.69, 9.17) is 14.2 Å². The van der Waals surface area contributed by atoms with E-state index in [0.29, 0.717) is 39.8 Å². The molecule has 0 N–H and O–H groups in total. The fourth-order valence-corrected chi connectivity index (χ4v) is 3.78. The van der Waals surface area contributed by atoms with E-state index in [9.17, 15) is 9.59 Å². The van der Waals surface area contributed by atoms with Crippen LogP contribution in [0.2, 0.25) is 0 Å². The summed E-state index contributed by atoms with van der Waals surface area (Å²) in [6.45, 7) is 0. The van der Waals surface area contributed by atoms with E-state index in [0.717, 1.165) is 0 Å². The minimum atomic E-state index is -0.583. The molecule has 0 saturated heterocycles. The van der Waals surface area contributed by atoms with Gasteiger partial charge in [0.25, 0.3) is 0 Å². The Labute approximate surface area is 202 Å². The highest BCUT2D eigenvalue weighted by Crippen LogP contribution is 2.36. The number of rotatable bonds is 5. The Morgan fingerprint density at radius 2 is 1.46 bits per heavy atom. The van der Waals surface area contributed by atoms with E-state index in [1.165, 1.54) is 4.90 Å². The lowest BCUT2D eigenvalue weighted by atomic mass is 10.1. The van der Waals surface area contributed by atoms with Crippen LogP contribution in [0.15, 0.2) is 109 Å². The molecular formula is C29H21NO5. The fourth-order valence-electron chi connectivity index (χ4n) is 3.78. The third-order valence-electron chi connectivity index (χ3n) is 5.49. The topological polar surface area (TPSA) is 65.1 Å². The predicted molar refractivity (Wildman–Crippen MR) is 133 cm³/mol. The highest BCUT2D eigenvalue weighted by Gasteiger charge is 2.28. The number of ketones is 1. The number of ether oxygens (including phenoxy) is 3. The van der Waals surface area contributed by atoms with Gasteiger partial charge in [-0.05, 0) is 48.5 Å². The molecule has 6 heteroatoms. The number of carbonyl (C=O) groups excluding carboxylic acids is 2. The second kappa shape index (κ2) is 9.57. The van der Waals surface area contributed by atoms with Crippen LogP contribution in [0.4, 0.5) is 16.2 Å². The molecule has 0 unspecified atom stereocenters. The summed E-state index contributed by atoms with van der Waals surface area (Å²) in [6, 6.07) is 30.5. The molecule has 1 amide bonds. The number of carbonyl (C=O) groups is 2. The normalized spacial score (nSPS) is 13.2. The van der Waals surface area contributed by atoms with Crippen LogP contribution in [0.5, 0.6) is 17.2 Å². The fraction of sp³-hybridized carbons (Fsp3) is 0.0345. The van der Waals surface area contributed by atoms with E-state index >= 15 is 0 Å². The van der Waals surface area contributed by atoms with Crippen LogP contribution in [0.25, 0.3) is 6.08 Å². The lowest BCUT2D eigenvalue weighted by Gasteiger charge is -2.22. The van der Waals surface area contributed by atoms with Crippen LogP contribution in [0.1, 0.15) is 15.9 Å². The first-order chi connectivity index (χ1) is 17.1. The number of benzene rings is 4. The maximum atomic E-state index is 13.4. The van der Waals surface area contributed by atoms with Crippen molar-refractivity contribution in [3.05, 3.63) is 120 Å². The predicted octanol–water partition coefficient (Wildman–Crippen LogP) is 6.65. The van der Waals surface area contributed by atoms with Gasteiger partial charge >= 0.3 is 6.09 Å².